The molecule has 0 radical (unpaired) electrons. The predicted molar refractivity (Wildman–Crippen MR) is 119 cm³/mol. The number of carbonyl (C=O) groups is 1. The highest BCUT2D eigenvalue weighted by atomic mass is 35.5. The van der Waals surface area contributed by atoms with Crippen molar-refractivity contribution in [1.82, 2.24) is 10.2 Å². The molecule has 2 aliphatic rings. The molecule has 7 heteroatoms. The number of amides is 1. The van der Waals surface area contributed by atoms with Gasteiger partial charge in [-0.05, 0) is 62.9 Å². The molecule has 3 atom stereocenters. The van der Waals surface area contributed by atoms with Gasteiger partial charge in [0.05, 0.1) is 13.2 Å². The zero-order valence-corrected chi connectivity index (χ0v) is 18.4. The third-order valence-corrected chi connectivity index (χ3v) is 5.89. The molecule has 28 heavy (non-hydrogen) atoms. The lowest BCUT2D eigenvalue weighted by atomic mass is 9.85. The molecule has 1 saturated heterocycles. The van der Waals surface area contributed by atoms with Crippen molar-refractivity contribution in [2.24, 2.45) is 11.7 Å². The van der Waals surface area contributed by atoms with Gasteiger partial charge in [-0.15, -0.1) is 24.8 Å². The Kier molecular flexibility index (Phi) is 11.2. The third-order valence-electron chi connectivity index (χ3n) is 5.89. The third kappa shape index (κ3) is 6.80. The number of carbonyl (C=O) groups excluding carboxylic acids is 1. The van der Waals surface area contributed by atoms with Crippen molar-refractivity contribution in [3.05, 3.63) is 29.8 Å². The summed E-state index contributed by atoms with van der Waals surface area (Å²) in [5.74, 6) is 1.12. The molecular formula is C21H35Cl2N3O2. The molecule has 0 aromatic heterocycles. The van der Waals surface area contributed by atoms with Gasteiger partial charge in [-0.25, -0.2) is 0 Å². The summed E-state index contributed by atoms with van der Waals surface area (Å²) in [4.78, 5) is 15.2. The van der Waals surface area contributed by atoms with E-state index in [4.69, 9.17) is 10.5 Å². The zero-order valence-electron chi connectivity index (χ0n) is 16.8. The molecule has 1 aromatic carbocycles. The monoisotopic (exact) mass is 431 g/mol. The average Bonchev–Trinajstić information content (AvgIpc) is 2.69. The van der Waals surface area contributed by atoms with Gasteiger partial charge < -0.3 is 15.8 Å². The number of nitrogens with zero attached hydrogens (tertiary/aromatic N) is 1. The second kappa shape index (κ2) is 12.5. The van der Waals surface area contributed by atoms with Crippen LogP contribution in [-0.2, 0) is 4.79 Å². The maximum absolute atomic E-state index is 12.7. The first-order valence-electron chi connectivity index (χ1n) is 10.1. The maximum atomic E-state index is 12.7. The van der Waals surface area contributed by atoms with Crippen LogP contribution >= 0.6 is 24.8 Å². The summed E-state index contributed by atoms with van der Waals surface area (Å²) in [6, 6.07) is 8.67. The number of rotatable bonds is 6. The lowest BCUT2D eigenvalue weighted by molar-refractivity contribution is -0.126. The zero-order chi connectivity index (χ0) is 18.4. The van der Waals surface area contributed by atoms with E-state index < -0.39 is 0 Å². The van der Waals surface area contributed by atoms with E-state index in [1.54, 1.807) is 7.11 Å². The van der Waals surface area contributed by atoms with Gasteiger partial charge in [0.25, 0.3) is 0 Å². The van der Waals surface area contributed by atoms with Gasteiger partial charge in [0.2, 0.25) is 5.91 Å². The maximum Gasteiger partial charge on any atom is 0.223 e. The fourth-order valence-corrected chi connectivity index (χ4v) is 4.32. The average molecular weight is 432 g/mol. The number of methoxy groups -OCH3 is 1. The summed E-state index contributed by atoms with van der Waals surface area (Å²) in [6.07, 6.45) is 7.67. The molecule has 3 unspecified atom stereocenters. The Morgan fingerprint density at radius 3 is 2.43 bits per heavy atom. The Hall–Kier alpha value is -1.01. The van der Waals surface area contributed by atoms with E-state index in [9.17, 15) is 4.79 Å². The molecule has 2 fully saturated rings. The normalized spacial score (nSPS) is 23.6. The standard InChI is InChI=1S/C21H33N3O2.2ClH/c1-26-19-10-8-16(9-11-19)20(24-12-3-2-4-13-24)15-23-21(25)17-6-5-7-18(22)14-17;;/h8-11,17-18,20H,2-7,12-15,22H2,1H3,(H,23,25);2*1H. The van der Waals surface area contributed by atoms with Crippen LogP contribution in [0.2, 0.25) is 0 Å². The number of benzene rings is 1. The van der Waals surface area contributed by atoms with Crippen molar-refractivity contribution in [3.8, 4) is 5.75 Å². The van der Waals surface area contributed by atoms with Crippen molar-refractivity contribution < 1.29 is 9.53 Å². The fourth-order valence-electron chi connectivity index (χ4n) is 4.32. The minimum atomic E-state index is 0. The van der Waals surface area contributed by atoms with Crippen LogP contribution < -0.4 is 15.8 Å². The second-order valence-corrected chi connectivity index (χ2v) is 7.75. The topological polar surface area (TPSA) is 67.6 Å². The van der Waals surface area contributed by atoms with Gasteiger partial charge in [-0.1, -0.05) is 25.0 Å². The largest absolute Gasteiger partial charge is 0.497 e. The minimum Gasteiger partial charge on any atom is -0.497 e. The number of nitrogens with two attached hydrogens (primary N) is 1. The highest BCUT2D eigenvalue weighted by Crippen LogP contribution is 2.27. The smallest absolute Gasteiger partial charge is 0.223 e. The summed E-state index contributed by atoms with van der Waals surface area (Å²) in [7, 11) is 1.69. The van der Waals surface area contributed by atoms with Crippen LogP contribution in [0.5, 0.6) is 5.75 Å². The van der Waals surface area contributed by atoms with Gasteiger partial charge in [0.15, 0.2) is 0 Å². The summed E-state index contributed by atoms with van der Waals surface area (Å²) < 4.78 is 5.29. The Morgan fingerprint density at radius 1 is 1.14 bits per heavy atom. The highest BCUT2D eigenvalue weighted by Gasteiger charge is 2.27. The van der Waals surface area contributed by atoms with E-state index in [0.29, 0.717) is 6.54 Å². The number of ether oxygens (including phenoxy) is 1. The van der Waals surface area contributed by atoms with E-state index in [1.165, 1.54) is 24.8 Å². The van der Waals surface area contributed by atoms with Gasteiger partial charge in [0.1, 0.15) is 5.75 Å². The molecule has 0 bridgehead atoms. The van der Waals surface area contributed by atoms with Crippen LogP contribution in [-0.4, -0.2) is 43.6 Å². The van der Waals surface area contributed by atoms with Crippen molar-refractivity contribution in [2.45, 2.75) is 57.0 Å². The molecule has 1 aliphatic heterocycles. The summed E-state index contributed by atoms with van der Waals surface area (Å²) in [5, 5.41) is 3.23. The Bertz CT molecular complexity index is 580. The highest BCUT2D eigenvalue weighted by molar-refractivity contribution is 5.85. The van der Waals surface area contributed by atoms with E-state index in [2.05, 4.69) is 22.3 Å². The summed E-state index contributed by atoms with van der Waals surface area (Å²) >= 11 is 0. The Morgan fingerprint density at radius 2 is 1.82 bits per heavy atom. The summed E-state index contributed by atoms with van der Waals surface area (Å²) in [6.45, 7) is 2.86. The SMILES string of the molecule is COc1ccc(C(CNC(=O)C2CCCC(N)C2)N2CCCCC2)cc1.Cl.Cl. The molecule has 1 amide bonds. The number of halogens is 2. The second-order valence-electron chi connectivity index (χ2n) is 7.75. The molecule has 3 rings (SSSR count). The first-order chi connectivity index (χ1) is 12.7. The van der Waals surface area contributed by atoms with Crippen LogP contribution in [0, 0.1) is 5.92 Å². The lowest BCUT2D eigenvalue weighted by Gasteiger charge is -2.35. The molecule has 1 saturated carbocycles. The van der Waals surface area contributed by atoms with Crippen LogP contribution in [0.15, 0.2) is 24.3 Å². The first-order valence-corrected chi connectivity index (χ1v) is 10.1. The number of likely N-dealkylation sites (tertiary alicyclic amines) is 1. The number of hydrogen-bond donors (Lipinski definition) is 2. The van der Waals surface area contributed by atoms with E-state index in [1.807, 2.05) is 12.1 Å². The number of nitrogens with one attached hydrogen (secondary N) is 1. The van der Waals surface area contributed by atoms with Crippen molar-refractivity contribution in [1.29, 1.82) is 0 Å². The Balaban J connectivity index is 0.00000196. The van der Waals surface area contributed by atoms with Crippen LogP contribution in [0.25, 0.3) is 0 Å². The van der Waals surface area contributed by atoms with E-state index in [-0.39, 0.29) is 48.7 Å². The quantitative estimate of drug-likeness (QED) is 0.720. The van der Waals surface area contributed by atoms with Gasteiger partial charge >= 0.3 is 0 Å². The van der Waals surface area contributed by atoms with E-state index >= 15 is 0 Å². The van der Waals surface area contributed by atoms with Crippen molar-refractivity contribution >= 4 is 30.7 Å². The van der Waals surface area contributed by atoms with Crippen LogP contribution in [0.3, 0.4) is 0 Å². The predicted octanol–water partition coefficient (Wildman–Crippen LogP) is 3.70. The minimum absolute atomic E-state index is 0. The van der Waals surface area contributed by atoms with Crippen LogP contribution in [0.1, 0.15) is 56.6 Å². The molecule has 1 heterocycles. The molecule has 1 aromatic rings. The van der Waals surface area contributed by atoms with Crippen molar-refractivity contribution in [3.63, 3.8) is 0 Å². The fraction of sp³-hybridized carbons (Fsp3) is 0.667. The summed E-state index contributed by atoms with van der Waals surface area (Å²) in [5.41, 5.74) is 7.30. The lowest BCUT2D eigenvalue weighted by Crippen LogP contribution is -2.43. The van der Waals surface area contributed by atoms with Gasteiger partial charge in [0, 0.05) is 18.5 Å². The molecule has 5 nitrogen and oxygen atoms in total. The number of piperidine rings is 1. The Labute approximate surface area is 181 Å². The van der Waals surface area contributed by atoms with Gasteiger partial charge in [-0.2, -0.15) is 0 Å². The van der Waals surface area contributed by atoms with Gasteiger partial charge in [-0.3, -0.25) is 9.69 Å². The first kappa shape index (κ1) is 25.0. The molecule has 0 spiro atoms. The molecule has 3 N–H and O–H groups in total. The molecule has 1 aliphatic carbocycles. The molecular weight excluding hydrogens is 397 g/mol. The van der Waals surface area contributed by atoms with Crippen molar-refractivity contribution in [2.75, 3.05) is 26.7 Å². The van der Waals surface area contributed by atoms with E-state index in [0.717, 1.165) is 44.5 Å². The number of hydrogen-bond acceptors (Lipinski definition) is 4. The van der Waals surface area contributed by atoms with Crippen LogP contribution in [0.4, 0.5) is 0 Å². The molecule has 160 valence electrons.